The summed E-state index contributed by atoms with van der Waals surface area (Å²) in [5.74, 6) is 1.46. The molecule has 0 fully saturated rings. The van der Waals surface area contributed by atoms with Crippen molar-refractivity contribution in [1.29, 1.82) is 0 Å². The predicted octanol–water partition coefficient (Wildman–Crippen LogP) is 3.62. The van der Waals surface area contributed by atoms with Crippen LogP contribution in [0.15, 0.2) is 48.2 Å². The highest BCUT2D eigenvalue weighted by molar-refractivity contribution is 6.14. The molecule has 0 aromatic heterocycles. The third-order valence-electron chi connectivity index (χ3n) is 3.21. The third-order valence-corrected chi connectivity index (χ3v) is 3.21. The number of fused-ring (bicyclic) bond motifs is 1. The molecule has 0 aliphatic carbocycles. The predicted molar refractivity (Wildman–Crippen MR) is 77.1 cm³/mol. The highest BCUT2D eigenvalue weighted by Crippen LogP contribution is 2.34. The first-order chi connectivity index (χ1) is 9.67. The molecule has 0 radical (unpaired) electrons. The van der Waals surface area contributed by atoms with E-state index in [1.54, 1.807) is 31.4 Å². The molecule has 0 saturated carbocycles. The zero-order valence-corrected chi connectivity index (χ0v) is 11.3. The van der Waals surface area contributed by atoms with Gasteiger partial charge in [-0.3, -0.25) is 4.79 Å². The number of ketones is 1. The van der Waals surface area contributed by atoms with Crippen LogP contribution in [0.3, 0.4) is 0 Å². The van der Waals surface area contributed by atoms with Gasteiger partial charge in [-0.2, -0.15) is 0 Å². The molecule has 0 saturated heterocycles. The second kappa shape index (κ2) is 4.85. The van der Waals surface area contributed by atoms with Crippen molar-refractivity contribution in [3.63, 3.8) is 0 Å². The number of allylic oxidation sites excluding steroid dienone is 1. The number of rotatable bonds is 2. The first-order valence-electron chi connectivity index (χ1n) is 6.36. The maximum Gasteiger partial charge on any atom is 0.232 e. The summed E-state index contributed by atoms with van der Waals surface area (Å²) in [5.41, 5.74) is 2.64. The Morgan fingerprint density at radius 1 is 1.15 bits per heavy atom. The lowest BCUT2D eigenvalue weighted by Gasteiger charge is -2.00. The summed E-state index contributed by atoms with van der Waals surface area (Å²) < 4.78 is 10.7. The zero-order valence-electron chi connectivity index (χ0n) is 11.3. The minimum Gasteiger partial charge on any atom is -0.497 e. The van der Waals surface area contributed by atoms with E-state index in [2.05, 4.69) is 0 Å². The van der Waals surface area contributed by atoms with Crippen molar-refractivity contribution in [3.8, 4) is 11.5 Å². The van der Waals surface area contributed by atoms with Gasteiger partial charge < -0.3 is 9.47 Å². The zero-order chi connectivity index (χ0) is 14.1. The van der Waals surface area contributed by atoms with Crippen LogP contribution in [0.2, 0.25) is 0 Å². The topological polar surface area (TPSA) is 35.5 Å². The molecule has 0 amide bonds. The average Bonchev–Trinajstić information content (AvgIpc) is 2.75. The number of Topliss-reactive ketones (excluding diaryl/α,β-unsaturated/α-hetero) is 1. The quantitative estimate of drug-likeness (QED) is 0.779. The van der Waals surface area contributed by atoms with Crippen molar-refractivity contribution in [2.24, 2.45) is 0 Å². The minimum absolute atomic E-state index is 0.111. The number of aryl methyl sites for hydroxylation is 1. The highest BCUT2D eigenvalue weighted by Gasteiger charge is 2.27. The molecule has 2 aromatic carbocycles. The Kier molecular flexibility index (Phi) is 3.03. The van der Waals surface area contributed by atoms with E-state index >= 15 is 0 Å². The van der Waals surface area contributed by atoms with Crippen molar-refractivity contribution < 1.29 is 14.3 Å². The van der Waals surface area contributed by atoms with E-state index in [1.807, 2.05) is 31.2 Å². The van der Waals surface area contributed by atoms with Crippen LogP contribution in [-0.4, -0.2) is 12.9 Å². The summed E-state index contributed by atoms with van der Waals surface area (Å²) in [7, 11) is 1.57. The van der Waals surface area contributed by atoms with Crippen LogP contribution in [0.1, 0.15) is 21.5 Å². The molecular formula is C17H14O3. The molecule has 2 aromatic rings. The van der Waals surface area contributed by atoms with Crippen LogP contribution in [0.4, 0.5) is 0 Å². The fourth-order valence-corrected chi connectivity index (χ4v) is 2.21. The van der Waals surface area contributed by atoms with Crippen molar-refractivity contribution in [2.45, 2.75) is 6.92 Å². The van der Waals surface area contributed by atoms with Gasteiger partial charge in [0.15, 0.2) is 5.76 Å². The van der Waals surface area contributed by atoms with Gasteiger partial charge in [-0.25, -0.2) is 0 Å². The molecule has 0 unspecified atom stereocenters. The second-order valence-electron chi connectivity index (χ2n) is 4.72. The molecule has 100 valence electrons. The highest BCUT2D eigenvalue weighted by atomic mass is 16.5. The summed E-state index contributed by atoms with van der Waals surface area (Å²) in [5, 5.41) is 0. The molecule has 0 atom stereocenters. The molecule has 0 bridgehead atoms. The van der Waals surface area contributed by atoms with Gasteiger partial charge in [-0.05, 0) is 36.8 Å². The first-order valence-corrected chi connectivity index (χ1v) is 6.36. The number of carbonyl (C=O) groups excluding carboxylic acids is 1. The minimum atomic E-state index is -0.111. The van der Waals surface area contributed by atoms with Crippen LogP contribution in [0, 0.1) is 6.92 Å². The van der Waals surface area contributed by atoms with Gasteiger partial charge in [-0.1, -0.05) is 29.8 Å². The fraction of sp³-hybridized carbons (Fsp3) is 0.118. The molecule has 0 N–H and O–H groups in total. The lowest BCUT2D eigenvalue weighted by atomic mass is 10.1. The molecule has 3 nitrogen and oxygen atoms in total. The number of hydrogen-bond acceptors (Lipinski definition) is 3. The smallest absolute Gasteiger partial charge is 0.232 e. The van der Waals surface area contributed by atoms with Crippen molar-refractivity contribution in [3.05, 3.63) is 64.9 Å². The van der Waals surface area contributed by atoms with Crippen molar-refractivity contribution in [1.82, 2.24) is 0 Å². The van der Waals surface area contributed by atoms with Gasteiger partial charge in [0.2, 0.25) is 5.78 Å². The summed E-state index contributed by atoms with van der Waals surface area (Å²) in [6.45, 7) is 2.01. The van der Waals surface area contributed by atoms with Gasteiger partial charge in [0.25, 0.3) is 0 Å². The van der Waals surface area contributed by atoms with Crippen LogP contribution in [0.5, 0.6) is 11.5 Å². The second-order valence-corrected chi connectivity index (χ2v) is 4.72. The molecule has 20 heavy (non-hydrogen) atoms. The molecule has 1 aliphatic rings. The standard InChI is InChI=1S/C17H14O3/c1-11-4-3-5-12(8-11)9-16-17(18)14-10-13(19-2)6-7-15(14)20-16/h3-10H,1-2H3/b16-9+. The molecule has 3 heteroatoms. The van der Waals surface area contributed by atoms with Gasteiger partial charge in [0.1, 0.15) is 11.5 Å². The number of ether oxygens (including phenoxy) is 2. The van der Waals surface area contributed by atoms with Gasteiger partial charge in [0, 0.05) is 0 Å². The summed E-state index contributed by atoms with van der Waals surface area (Å²) in [6.07, 6.45) is 1.77. The summed E-state index contributed by atoms with van der Waals surface area (Å²) in [6, 6.07) is 13.2. The van der Waals surface area contributed by atoms with Crippen LogP contribution < -0.4 is 9.47 Å². The van der Waals surface area contributed by atoms with E-state index in [4.69, 9.17) is 9.47 Å². The van der Waals surface area contributed by atoms with E-state index in [0.717, 1.165) is 11.1 Å². The molecule has 0 spiro atoms. The Bertz CT molecular complexity index is 714. The average molecular weight is 266 g/mol. The Labute approximate surface area is 117 Å². The normalized spacial score (nSPS) is 15.1. The molecular weight excluding hydrogens is 252 g/mol. The number of methoxy groups -OCH3 is 1. The van der Waals surface area contributed by atoms with E-state index < -0.39 is 0 Å². The molecule has 1 heterocycles. The fourth-order valence-electron chi connectivity index (χ4n) is 2.21. The maximum atomic E-state index is 12.3. The summed E-state index contributed by atoms with van der Waals surface area (Å²) in [4.78, 5) is 12.3. The van der Waals surface area contributed by atoms with Crippen molar-refractivity contribution >= 4 is 11.9 Å². The summed E-state index contributed by atoms with van der Waals surface area (Å²) >= 11 is 0. The lowest BCUT2D eigenvalue weighted by Crippen LogP contribution is -1.98. The van der Waals surface area contributed by atoms with Crippen LogP contribution >= 0.6 is 0 Å². The van der Waals surface area contributed by atoms with E-state index in [9.17, 15) is 4.79 Å². The van der Waals surface area contributed by atoms with Crippen LogP contribution in [-0.2, 0) is 0 Å². The Hall–Kier alpha value is -2.55. The first kappa shape index (κ1) is 12.5. The van der Waals surface area contributed by atoms with Gasteiger partial charge in [-0.15, -0.1) is 0 Å². The number of carbonyl (C=O) groups is 1. The number of hydrogen-bond donors (Lipinski definition) is 0. The monoisotopic (exact) mass is 266 g/mol. The van der Waals surface area contributed by atoms with Gasteiger partial charge in [0.05, 0.1) is 12.7 Å². The SMILES string of the molecule is COc1ccc2c(c1)C(=O)/C(=C\c1cccc(C)c1)O2. The van der Waals surface area contributed by atoms with E-state index in [-0.39, 0.29) is 5.78 Å². The van der Waals surface area contributed by atoms with Gasteiger partial charge >= 0.3 is 0 Å². The third kappa shape index (κ3) is 2.18. The Morgan fingerprint density at radius 2 is 2.00 bits per heavy atom. The molecule has 1 aliphatic heterocycles. The molecule has 3 rings (SSSR count). The maximum absolute atomic E-state index is 12.3. The lowest BCUT2D eigenvalue weighted by molar-refractivity contribution is 0.101. The Morgan fingerprint density at radius 3 is 2.75 bits per heavy atom. The van der Waals surface area contributed by atoms with Crippen molar-refractivity contribution in [2.75, 3.05) is 7.11 Å². The van der Waals surface area contributed by atoms with E-state index in [0.29, 0.717) is 22.8 Å². The van der Waals surface area contributed by atoms with Crippen LogP contribution in [0.25, 0.3) is 6.08 Å². The largest absolute Gasteiger partial charge is 0.497 e. The number of benzene rings is 2. The Balaban J connectivity index is 1.97. The van der Waals surface area contributed by atoms with E-state index in [1.165, 1.54) is 0 Å².